The van der Waals surface area contributed by atoms with E-state index in [1.165, 1.54) is 30.6 Å². The Hall–Kier alpha value is -3.97. The number of anilines is 1. The third-order valence-electron chi connectivity index (χ3n) is 4.74. The Morgan fingerprint density at radius 1 is 1.21 bits per heavy atom. The summed E-state index contributed by atoms with van der Waals surface area (Å²) >= 11 is 6.69. The number of nitro groups is 1. The number of aromatic nitrogens is 4. The van der Waals surface area contributed by atoms with Gasteiger partial charge in [0.15, 0.2) is 16.7 Å². The average Bonchev–Trinajstić information content (AvgIpc) is 3.36. The van der Waals surface area contributed by atoms with E-state index in [1.54, 1.807) is 4.52 Å². The molecule has 4 aromatic rings. The minimum atomic E-state index is -0.617. The van der Waals surface area contributed by atoms with Gasteiger partial charge in [-0.1, -0.05) is 23.5 Å². The number of amides is 1. The van der Waals surface area contributed by atoms with Gasteiger partial charge in [-0.05, 0) is 49.8 Å². The van der Waals surface area contributed by atoms with Crippen molar-refractivity contribution in [3.05, 3.63) is 63.5 Å². The van der Waals surface area contributed by atoms with Crippen LogP contribution in [-0.2, 0) is 0 Å². The number of thiocarbonyl (C=S) groups is 1. The fourth-order valence-electron chi connectivity index (χ4n) is 3.02. The number of methoxy groups -OCH3 is 1. The van der Waals surface area contributed by atoms with Gasteiger partial charge in [-0.25, -0.2) is 0 Å². The molecule has 0 atom stereocenters. The lowest BCUT2D eigenvalue weighted by Crippen LogP contribution is -2.34. The molecule has 2 aromatic heterocycles. The Bertz CT molecular complexity index is 1410. The maximum Gasteiger partial charge on any atom is 0.311 e. The van der Waals surface area contributed by atoms with Crippen LogP contribution in [0.15, 0.2) is 36.4 Å². The van der Waals surface area contributed by atoms with Crippen LogP contribution in [0.25, 0.3) is 15.5 Å². The highest BCUT2D eigenvalue weighted by molar-refractivity contribution is 7.80. The molecule has 0 fully saturated rings. The number of fused-ring (bicyclic) bond motifs is 1. The average molecular weight is 484 g/mol. The summed E-state index contributed by atoms with van der Waals surface area (Å²) in [7, 11) is 1.32. The largest absolute Gasteiger partial charge is 0.490 e. The van der Waals surface area contributed by atoms with Crippen molar-refractivity contribution in [3.63, 3.8) is 0 Å². The highest BCUT2D eigenvalue weighted by atomic mass is 32.1. The SMILES string of the molecule is COc1ccc(C(=O)NC(=S)Nc2cc(-c3nn4c(C)nnc4s3)ccc2C)cc1[N+](=O)[O-]. The van der Waals surface area contributed by atoms with Crippen molar-refractivity contribution in [3.8, 4) is 16.3 Å². The number of hydrogen-bond acceptors (Lipinski definition) is 9. The Morgan fingerprint density at radius 2 is 2.00 bits per heavy atom. The normalized spacial score (nSPS) is 10.8. The van der Waals surface area contributed by atoms with Gasteiger partial charge in [0.25, 0.3) is 5.91 Å². The van der Waals surface area contributed by atoms with Gasteiger partial charge in [0, 0.05) is 22.9 Å². The molecule has 168 valence electrons. The molecule has 0 saturated carbocycles. The molecule has 11 nitrogen and oxygen atoms in total. The lowest BCUT2D eigenvalue weighted by molar-refractivity contribution is -0.385. The van der Waals surface area contributed by atoms with Gasteiger partial charge >= 0.3 is 5.69 Å². The molecule has 2 heterocycles. The van der Waals surface area contributed by atoms with Gasteiger partial charge in [-0.15, -0.1) is 10.2 Å². The number of carbonyl (C=O) groups excluding carboxylic acids is 1. The third kappa shape index (κ3) is 4.49. The quantitative estimate of drug-likeness (QED) is 0.248. The number of hydrogen-bond donors (Lipinski definition) is 2. The predicted octanol–water partition coefficient (Wildman–Crippen LogP) is 3.51. The first-order valence-electron chi connectivity index (χ1n) is 9.51. The summed E-state index contributed by atoms with van der Waals surface area (Å²) in [6.45, 7) is 3.72. The first kappa shape index (κ1) is 22.2. The number of rotatable bonds is 5. The first-order valence-corrected chi connectivity index (χ1v) is 10.7. The Kier molecular flexibility index (Phi) is 5.98. The van der Waals surface area contributed by atoms with E-state index >= 15 is 0 Å². The van der Waals surface area contributed by atoms with E-state index in [2.05, 4.69) is 25.9 Å². The number of ether oxygens (including phenoxy) is 1. The van der Waals surface area contributed by atoms with Crippen LogP contribution in [0.2, 0.25) is 0 Å². The molecule has 0 saturated heterocycles. The van der Waals surface area contributed by atoms with Crippen molar-refractivity contribution >= 4 is 50.9 Å². The second-order valence-corrected chi connectivity index (χ2v) is 8.29. The molecule has 2 N–H and O–H groups in total. The second-order valence-electron chi connectivity index (χ2n) is 6.93. The summed E-state index contributed by atoms with van der Waals surface area (Å²) < 4.78 is 6.63. The standard InChI is InChI=1S/C20H17N7O4S2/c1-10-4-5-13(18-25-26-11(2)23-24-20(26)33-18)8-14(10)21-19(32)22-17(28)12-6-7-16(31-3)15(9-12)27(29)30/h4-9H,1-3H3,(H2,21,22,28,32). The molecule has 0 spiro atoms. The molecule has 2 aromatic carbocycles. The zero-order valence-corrected chi connectivity index (χ0v) is 19.3. The number of nitrogens with one attached hydrogen (secondary N) is 2. The van der Waals surface area contributed by atoms with E-state index < -0.39 is 10.8 Å². The summed E-state index contributed by atoms with van der Waals surface area (Å²) in [6, 6.07) is 9.62. The molecule has 0 aliphatic heterocycles. The van der Waals surface area contributed by atoms with Crippen LogP contribution < -0.4 is 15.4 Å². The van der Waals surface area contributed by atoms with Crippen LogP contribution in [0.1, 0.15) is 21.7 Å². The summed E-state index contributed by atoms with van der Waals surface area (Å²) in [6.07, 6.45) is 0. The molecule has 0 bridgehead atoms. The minimum absolute atomic E-state index is 0.0488. The van der Waals surface area contributed by atoms with Crippen molar-refractivity contribution in [2.24, 2.45) is 0 Å². The van der Waals surface area contributed by atoms with Gasteiger partial charge in [-0.2, -0.15) is 9.61 Å². The summed E-state index contributed by atoms with van der Waals surface area (Å²) in [5.41, 5.74) is 2.19. The van der Waals surface area contributed by atoms with Crippen LogP contribution >= 0.6 is 23.6 Å². The highest BCUT2D eigenvalue weighted by Gasteiger charge is 2.19. The molecule has 0 unspecified atom stereocenters. The van der Waals surface area contributed by atoms with Crippen LogP contribution in [0.5, 0.6) is 5.75 Å². The Labute approximate surface area is 196 Å². The van der Waals surface area contributed by atoms with E-state index in [9.17, 15) is 14.9 Å². The fraction of sp³-hybridized carbons (Fsp3) is 0.150. The van der Waals surface area contributed by atoms with Crippen molar-refractivity contribution in [1.29, 1.82) is 0 Å². The van der Waals surface area contributed by atoms with E-state index in [1.807, 2.05) is 32.0 Å². The molecule has 33 heavy (non-hydrogen) atoms. The van der Waals surface area contributed by atoms with Crippen LogP contribution in [-0.4, -0.2) is 42.9 Å². The van der Waals surface area contributed by atoms with Crippen LogP contribution in [0.4, 0.5) is 11.4 Å². The Morgan fingerprint density at radius 3 is 2.70 bits per heavy atom. The number of nitro benzene ring substituents is 1. The highest BCUT2D eigenvalue weighted by Crippen LogP contribution is 2.29. The van der Waals surface area contributed by atoms with Crippen molar-refractivity contribution in [1.82, 2.24) is 25.1 Å². The maximum atomic E-state index is 12.6. The first-order chi connectivity index (χ1) is 15.8. The predicted molar refractivity (Wildman–Crippen MR) is 127 cm³/mol. The second kappa shape index (κ2) is 8.88. The minimum Gasteiger partial charge on any atom is -0.490 e. The number of benzene rings is 2. The number of carbonyl (C=O) groups is 1. The van der Waals surface area contributed by atoms with Gasteiger partial charge in [0.2, 0.25) is 4.96 Å². The molecular formula is C20H17N7O4S2. The molecule has 4 rings (SSSR count). The fourth-order valence-corrected chi connectivity index (χ4v) is 4.11. The number of aryl methyl sites for hydroxylation is 2. The maximum absolute atomic E-state index is 12.6. The topological polar surface area (TPSA) is 137 Å². The van der Waals surface area contributed by atoms with Crippen molar-refractivity contribution < 1.29 is 14.5 Å². The van der Waals surface area contributed by atoms with Crippen LogP contribution in [0, 0.1) is 24.0 Å². The lowest BCUT2D eigenvalue weighted by Gasteiger charge is -2.13. The number of nitrogens with zero attached hydrogens (tertiary/aromatic N) is 5. The molecule has 13 heteroatoms. The molecule has 0 radical (unpaired) electrons. The summed E-state index contributed by atoms with van der Waals surface area (Å²) in [4.78, 5) is 23.8. The lowest BCUT2D eigenvalue weighted by atomic mass is 10.1. The van der Waals surface area contributed by atoms with Crippen molar-refractivity contribution in [2.45, 2.75) is 13.8 Å². The van der Waals surface area contributed by atoms with E-state index in [0.717, 1.165) is 22.2 Å². The van der Waals surface area contributed by atoms with Crippen LogP contribution in [0.3, 0.4) is 0 Å². The molecule has 1 amide bonds. The Balaban J connectivity index is 1.51. The molecule has 0 aliphatic rings. The van der Waals surface area contributed by atoms with Crippen molar-refractivity contribution in [2.75, 3.05) is 12.4 Å². The molecule has 0 aliphatic carbocycles. The molecular weight excluding hydrogens is 466 g/mol. The monoisotopic (exact) mass is 483 g/mol. The van der Waals surface area contributed by atoms with Gasteiger partial charge in [-0.3, -0.25) is 20.2 Å². The van der Waals surface area contributed by atoms with E-state index in [-0.39, 0.29) is 22.1 Å². The third-order valence-corrected chi connectivity index (χ3v) is 5.90. The summed E-state index contributed by atoms with van der Waals surface area (Å²) in [5, 5.41) is 30.2. The van der Waals surface area contributed by atoms with Gasteiger partial charge in [0.05, 0.1) is 12.0 Å². The zero-order valence-electron chi connectivity index (χ0n) is 17.6. The van der Waals surface area contributed by atoms with Gasteiger partial charge in [0.1, 0.15) is 5.01 Å². The summed E-state index contributed by atoms with van der Waals surface area (Å²) in [5.74, 6) is 0.169. The van der Waals surface area contributed by atoms with E-state index in [0.29, 0.717) is 16.5 Å². The van der Waals surface area contributed by atoms with E-state index in [4.69, 9.17) is 17.0 Å². The zero-order chi connectivity index (χ0) is 23.7. The smallest absolute Gasteiger partial charge is 0.311 e. The van der Waals surface area contributed by atoms with Gasteiger partial charge < -0.3 is 10.1 Å².